The van der Waals surface area contributed by atoms with Crippen molar-refractivity contribution >= 4 is 0 Å². The number of halogens is 1. The van der Waals surface area contributed by atoms with Gasteiger partial charge in [-0.15, -0.1) is 0 Å². The van der Waals surface area contributed by atoms with E-state index in [1.54, 1.807) is 6.07 Å². The number of benzene rings is 1. The van der Waals surface area contributed by atoms with Crippen LogP contribution in [0.15, 0.2) is 24.3 Å². The molecule has 1 aliphatic rings. The van der Waals surface area contributed by atoms with Crippen LogP contribution in [0.4, 0.5) is 4.39 Å². The lowest BCUT2D eigenvalue weighted by atomic mass is 9.87. The number of rotatable bonds is 5. The fourth-order valence-electron chi connectivity index (χ4n) is 2.92. The van der Waals surface area contributed by atoms with E-state index in [9.17, 15) is 4.39 Å². The van der Waals surface area contributed by atoms with Gasteiger partial charge in [-0.25, -0.2) is 4.39 Å². The molecule has 1 saturated carbocycles. The van der Waals surface area contributed by atoms with Gasteiger partial charge in [-0.3, -0.25) is 0 Å². The van der Waals surface area contributed by atoms with Gasteiger partial charge in [0.15, 0.2) is 0 Å². The Kier molecular flexibility index (Phi) is 5.18. The van der Waals surface area contributed by atoms with Crippen molar-refractivity contribution in [1.82, 2.24) is 5.32 Å². The lowest BCUT2D eigenvalue weighted by molar-refractivity contribution is 0.329. The maximum atomic E-state index is 13.6. The minimum absolute atomic E-state index is 0.102. The van der Waals surface area contributed by atoms with Crippen LogP contribution in [0.2, 0.25) is 0 Å². The van der Waals surface area contributed by atoms with Crippen LogP contribution in [0.1, 0.15) is 57.1 Å². The first-order valence-electron chi connectivity index (χ1n) is 7.25. The Labute approximate surface area is 110 Å². The standard InChI is InChI=1S/C16H24FN/c1-13(15-9-5-6-10-16(15)17)18-12-11-14-7-3-2-4-8-14/h5-6,9-10,13-14,18H,2-4,7-8,11-12H2,1H3. The molecule has 1 unspecified atom stereocenters. The fraction of sp³-hybridized carbons (Fsp3) is 0.625. The largest absolute Gasteiger partial charge is 0.310 e. The monoisotopic (exact) mass is 249 g/mol. The highest BCUT2D eigenvalue weighted by atomic mass is 19.1. The van der Waals surface area contributed by atoms with E-state index in [2.05, 4.69) is 5.32 Å². The normalized spacial score (nSPS) is 18.8. The second kappa shape index (κ2) is 6.89. The van der Waals surface area contributed by atoms with Gasteiger partial charge in [0.05, 0.1) is 0 Å². The molecule has 0 bridgehead atoms. The van der Waals surface area contributed by atoms with E-state index in [-0.39, 0.29) is 11.9 Å². The van der Waals surface area contributed by atoms with Gasteiger partial charge in [-0.1, -0.05) is 50.3 Å². The second-order valence-electron chi connectivity index (χ2n) is 5.49. The Bertz CT molecular complexity index is 358. The summed E-state index contributed by atoms with van der Waals surface area (Å²) in [6, 6.07) is 7.16. The molecule has 1 aliphatic carbocycles. The molecule has 1 aromatic carbocycles. The summed E-state index contributed by atoms with van der Waals surface area (Å²) in [6.07, 6.45) is 8.21. The van der Waals surface area contributed by atoms with Crippen LogP contribution in [-0.4, -0.2) is 6.54 Å². The number of hydrogen-bond acceptors (Lipinski definition) is 1. The molecule has 0 amide bonds. The maximum absolute atomic E-state index is 13.6. The van der Waals surface area contributed by atoms with Crippen molar-refractivity contribution in [2.24, 2.45) is 5.92 Å². The van der Waals surface area contributed by atoms with Gasteiger partial charge < -0.3 is 5.32 Å². The Morgan fingerprint density at radius 3 is 2.67 bits per heavy atom. The zero-order chi connectivity index (χ0) is 12.8. The molecule has 2 heteroatoms. The van der Waals surface area contributed by atoms with Gasteiger partial charge in [0, 0.05) is 11.6 Å². The summed E-state index contributed by atoms with van der Waals surface area (Å²) in [5.74, 6) is 0.786. The third-order valence-corrected chi connectivity index (χ3v) is 4.10. The van der Waals surface area contributed by atoms with Gasteiger partial charge in [0.1, 0.15) is 5.82 Å². The van der Waals surface area contributed by atoms with Crippen molar-refractivity contribution in [2.45, 2.75) is 51.5 Å². The Morgan fingerprint density at radius 1 is 1.22 bits per heavy atom. The van der Waals surface area contributed by atoms with Crippen molar-refractivity contribution in [3.63, 3.8) is 0 Å². The molecule has 0 saturated heterocycles. The zero-order valence-corrected chi connectivity index (χ0v) is 11.3. The van der Waals surface area contributed by atoms with Gasteiger partial charge in [-0.2, -0.15) is 0 Å². The molecule has 100 valence electrons. The van der Waals surface area contributed by atoms with Crippen LogP contribution in [0, 0.1) is 11.7 Å². The number of nitrogens with one attached hydrogen (secondary N) is 1. The van der Waals surface area contributed by atoms with Crippen LogP contribution in [0.3, 0.4) is 0 Å². The molecule has 18 heavy (non-hydrogen) atoms. The molecule has 1 fully saturated rings. The topological polar surface area (TPSA) is 12.0 Å². The second-order valence-corrected chi connectivity index (χ2v) is 5.49. The molecule has 1 nitrogen and oxygen atoms in total. The van der Waals surface area contributed by atoms with E-state index in [1.807, 2.05) is 19.1 Å². The molecule has 1 aromatic rings. The van der Waals surface area contributed by atoms with Crippen LogP contribution in [-0.2, 0) is 0 Å². The van der Waals surface area contributed by atoms with E-state index >= 15 is 0 Å². The summed E-state index contributed by atoms with van der Waals surface area (Å²) in [4.78, 5) is 0. The SMILES string of the molecule is CC(NCCC1CCCCC1)c1ccccc1F. The highest BCUT2D eigenvalue weighted by Crippen LogP contribution is 2.26. The van der Waals surface area contributed by atoms with Gasteiger partial charge >= 0.3 is 0 Å². The molecule has 1 atom stereocenters. The van der Waals surface area contributed by atoms with Crippen molar-refractivity contribution in [1.29, 1.82) is 0 Å². The first-order valence-corrected chi connectivity index (χ1v) is 7.25. The van der Waals surface area contributed by atoms with Crippen molar-refractivity contribution < 1.29 is 4.39 Å². The van der Waals surface area contributed by atoms with Crippen LogP contribution in [0.5, 0.6) is 0 Å². The summed E-state index contributed by atoms with van der Waals surface area (Å²) in [6.45, 7) is 3.04. The van der Waals surface area contributed by atoms with E-state index < -0.39 is 0 Å². The maximum Gasteiger partial charge on any atom is 0.127 e. The fourth-order valence-corrected chi connectivity index (χ4v) is 2.92. The molecular weight excluding hydrogens is 225 g/mol. The smallest absolute Gasteiger partial charge is 0.127 e. The Hall–Kier alpha value is -0.890. The molecule has 1 N–H and O–H groups in total. The zero-order valence-electron chi connectivity index (χ0n) is 11.3. The first kappa shape index (κ1) is 13.5. The molecule has 2 rings (SSSR count). The van der Waals surface area contributed by atoms with Crippen LogP contribution < -0.4 is 5.32 Å². The lowest BCUT2D eigenvalue weighted by Crippen LogP contribution is -2.23. The minimum atomic E-state index is -0.102. The highest BCUT2D eigenvalue weighted by Gasteiger charge is 2.14. The van der Waals surface area contributed by atoms with E-state index in [0.717, 1.165) is 18.0 Å². The van der Waals surface area contributed by atoms with Gasteiger partial charge in [0.25, 0.3) is 0 Å². The van der Waals surface area contributed by atoms with E-state index in [4.69, 9.17) is 0 Å². The summed E-state index contributed by atoms with van der Waals surface area (Å²) >= 11 is 0. The van der Waals surface area contributed by atoms with E-state index in [1.165, 1.54) is 44.6 Å². The summed E-state index contributed by atoms with van der Waals surface area (Å²) in [5, 5.41) is 3.45. The first-order chi connectivity index (χ1) is 8.77. The molecule has 0 aromatic heterocycles. The molecule has 0 spiro atoms. The summed E-state index contributed by atoms with van der Waals surface area (Å²) in [5.41, 5.74) is 0.779. The molecular formula is C16H24FN. The van der Waals surface area contributed by atoms with Gasteiger partial charge in [0.2, 0.25) is 0 Å². The summed E-state index contributed by atoms with van der Waals surface area (Å²) in [7, 11) is 0. The Morgan fingerprint density at radius 2 is 1.94 bits per heavy atom. The molecule has 0 radical (unpaired) electrons. The molecule has 0 aliphatic heterocycles. The van der Waals surface area contributed by atoms with Crippen molar-refractivity contribution in [3.8, 4) is 0 Å². The third kappa shape index (κ3) is 3.81. The quantitative estimate of drug-likeness (QED) is 0.813. The minimum Gasteiger partial charge on any atom is -0.310 e. The third-order valence-electron chi connectivity index (χ3n) is 4.10. The van der Waals surface area contributed by atoms with Crippen molar-refractivity contribution in [3.05, 3.63) is 35.6 Å². The lowest BCUT2D eigenvalue weighted by Gasteiger charge is -2.22. The molecule has 0 heterocycles. The van der Waals surface area contributed by atoms with Gasteiger partial charge in [-0.05, 0) is 31.9 Å². The van der Waals surface area contributed by atoms with E-state index in [0.29, 0.717) is 0 Å². The van der Waals surface area contributed by atoms with Crippen LogP contribution in [0.25, 0.3) is 0 Å². The predicted octanol–water partition coefficient (Wildman–Crippen LogP) is 4.45. The van der Waals surface area contributed by atoms with Crippen LogP contribution >= 0.6 is 0 Å². The average Bonchev–Trinajstić information content (AvgIpc) is 2.40. The summed E-state index contributed by atoms with van der Waals surface area (Å²) < 4.78 is 13.6. The number of hydrogen-bond donors (Lipinski definition) is 1. The predicted molar refractivity (Wildman–Crippen MR) is 74.0 cm³/mol. The highest BCUT2D eigenvalue weighted by molar-refractivity contribution is 5.20. The van der Waals surface area contributed by atoms with Crippen molar-refractivity contribution in [2.75, 3.05) is 6.54 Å². The Balaban J connectivity index is 1.74. The average molecular weight is 249 g/mol.